The molecule has 0 aliphatic rings. The fourth-order valence-electron chi connectivity index (χ4n) is 2.20. The van der Waals surface area contributed by atoms with Crippen molar-refractivity contribution in [1.29, 1.82) is 0 Å². The maximum Gasteiger partial charge on any atom is 0.255 e. The number of anilines is 2. The van der Waals surface area contributed by atoms with Gasteiger partial charge in [-0.2, -0.15) is 0 Å². The highest BCUT2D eigenvalue weighted by atomic mass is 16.2. The number of benzene rings is 1. The first-order valence-electron chi connectivity index (χ1n) is 6.57. The van der Waals surface area contributed by atoms with E-state index in [2.05, 4.69) is 10.3 Å². The lowest BCUT2D eigenvalue weighted by atomic mass is 10.1. The highest BCUT2D eigenvalue weighted by Crippen LogP contribution is 2.17. The molecule has 1 amide bonds. The molecule has 0 saturated heterocycles. The van der Waals surface area contributed by atoms with E-state index < -0.39 is 5.91 Å². The number of carbonyl (C=O) groups excluding carboxylic acids is 1. The Morgan fingerprint density at radius 1 is 1.19 bits per heavy atom. The minimum Gasteiger partial charge on any atom is -0.368 e. The van der Waals surface area contributed by atoms with Crippen molar-refractivity contribution in [3.63, 3.8) is 0 Å². The predicted molar refractivity (Wildman–Crippen MR) is 81.6 cm³/mol. The Labute approximate surface area is 122 Å². The second-order valence-electron chi connectivity index (χ2n) is 5.11. The Morgan fingerprint density at radius 3 is 2.38 bits per heavy atom. The van der Waals surface area contributed by atoms with Gasteiger partial charge < -0.3 is 11.1 Å². The van der Waals surface area contributed by atoms with Gasteiger partial charge in [0.15, 0.2) is 0 Å². The van der Waals surface area contributed by atoms with Gasteiger partial charge in [0.25, 0.3) is 5.56 Å². The van der Waals surface area contributed by atoms with Crippen LogP contribution in [0.2, 0.25) is 0 Å². The molecule has 110 valence electrons. The molecule has 0 atom stereocenters. The van der Waals surface area contributed by atoms with Crippen LogP contribution < -0.4 is 16.6 Å². The van der Waals surface area contributed by atoms with E-state index in [0.717, 1.165) is 16.8 Å². The number of aryl methyl sites for hydroxylation is 3. The molecule has 6 heteroatoms. The van der Waals surface area contributed by atoms with Gasteiger partial charge in [0, 0.05) is 17.4 Å². The normalized spacial score (nSPS) is 10.4. The molecule has 6 nitrogen and oxygen atoms in total. The van der Waals surface area contributed by atoms with Crippen LogP contribution in [0.25, 0.3) is 0 Å². The average Bonchev–Trinajstić information content (AvgIpc) is 2.31. The first-order valence-corrected chi connectivity index (χ1v) is 6.57. The molecule has 1 aromatic heterocycles. The zero-order valence-electron chi connectivity index (χ0n) is 12.3. The number of nitrogens with two attached hydrogens (primary N) is 1. The fraction of sp³-hybridized carbons (Fsp3) is 0.267. The van der Waals surface area contributed by atoms with Gasteiger partial charge >= 0.3 is 0 Å². The largest absolute Gasteiger partial charge is 0.368 e. The van der Waals surface area contributed by atoms with Gasteiger partial charge in [-0.15, -0.1) is 0 Å². The van der Waals surface area contributed by atoms with E-state index in [1.165, 1.54) is 10.6 Å². The van der Waals surface area contributed by atoms with Crippen LogP contribution in [0.15, 0.2) is 29.1 Å². The van der Waals surface area contributed by atoms with Crippen LogP contribution in [0.3, 0.4) is 0 Å². The maximum atomic E-state index is 12.0. The summed E-state index contributed by atoms with van der Waals surface area (Å²) in [5.41, 5.74) is 8.44. The number of nitrogens with one attached hydrogen (secondary N) is 1. The maximum absolute atomic E-state index is 12.0. The highest BCUT2D eigenvalue weighted by Gasteiger charge is 2.10. The van der Waals surface area contributed by atoms with Crippen LogP contribution in [0, 0.1) is 20.8 Å². The molecule has 0 aliphatic heterocycles. The van der Waals surface area contributed by atoms with Crippen LogP contribution in [0.4, 0.5) is 11.6 Å². The molecule has 0 aliphatic carbocycles. The van der Waals surface area contributed by atoms with Crippen molar-refractivity contribution in [3.05, 3.63) is 51.4 Å². The lowest BCUT2D eigenvalue weighted by molar-refractivity contribution is -0.118. The molecular formula is C15H18N4O2. The molecule has 0 fully saturated rings. The van der Waals surface area contributed by atoms with Gasteiger partial charge in [0.05, 0.1) is 0 Å². The summed E-state index contributed by atoms with van der Waals surface area (Å²) < 4.78 is 1.23. The van der Waals surface area contributed by atoms with Crippen molar-refractivity contribution in [2.24, 2.45) is 5.73 Å². The van der Waals surface area contributed by atoms with Crippen LogP contribution in [0.5, 0.6) is 0 Å². The monoisotopic (exact) mass is 286 g/mol. The number of primary amides is 1. The van der Waals surface area contributed by atoms with Crippen LogP contribution in [-0.2, 0) is 11.3 Å². The number of hydrogen-bond donors (Lipinski definition) is 2. The third-order valence-electron chi connectivity index (χ3n) is 2.93. The Bertz CT molecular complexity index is 730. The Balaban J connectivity index is 2.47. The third-order valence-corrected chi connectivity index (χ3v) is 2.93. The van der Waals surface area contributed by atoms with Crippen molar-refractivity contribution < 1.29 is 4.79 Å². The van der Waals surface area contributed by atoms with Crippen molar-refractivity contribution >= 4 is 17.5 Å². The first-order chi connectivity index (χ1) is 9.85. The van der Waals surface area contributed by atoms with Gasteiger partial charge in [0.2, 0.25) is 11.9 Å². The summed E-state index contributed by atoms with van der Waals surface area (Å²) in [5, 5.41) is 3.09. The Morgan fingerprint density at radius 2 is 1.81 bits per heavy atom. The highest BCUT2D eigenvalue weighted by molar-refractivity contribution is 5.74. The van der Waals surface area contributed by atoms with Crippen molar-refractivity contribution in [2.45, 2.75) is 27.3 Å². The predicted octanol–water partition coefficient (Wildman–Crippen LogP) is 1.40. The molecule has 2 aromatic rings. The Hall–Kier alpha value is -2.63. The quantitative estimate of drug-likeness (QED) is 0.889. The molecule has 0 saturated carbocycles. The minimum absolute atomic E-state index is 0.209. The topological polar surface area (TPSA) is 90.0 Å². The molecule has 2 rings (SSSR count). The van der Waals surface area contributed by atoms with Crippen molar-refractivity contribution in [2.75, 3.05) is 5.32 Å². The van der Waals surface area contributed by atoms with E-state index in [4.69, 9.17) is 5.73 Å². The molecule has 1 aromatic carbocycles. The van der Waals surface area contributed by atoms with Gasteiger partial charge in [-0.25, -0.2) is 4.98 Å². The number of rotatable bonds is 4. The number of amides is 1. The lowest BCUT2D eigenvalue weighted by Gasteiger charge is -2.13. The molecular weight excluding hydrogens is 268 g/mol. The zero-order valence-corrected chi connectivity index (χ0v) is 12.3. The van der Waals surface area contributed by atoms with Crippen molar-refractivity contribution in [3.8, 4) is 0 Å². The number of hydrogen-bond acceptors (Lipinski definition) is 4. The van der Waals surface area contributed by atoms with E-state index in [1.807, 2.05) is 32.0 Å². The molecule has 0 bridgehead atoms. The van der Waals surface area contributed by atoms with E-state index in [1.54, 1.807) is 6.92 Å². The number of nitrogens with zero attached hydrogens (tertiary/aromatic N) is 2. The second kappa shape index (κ2) is 5.78. The summed E-state index contributed by atoms with van der Waals surface area (Å²) in [4.78, 5) is 27.4. The molecule has 0 unspecified atom stereocenters. The van der Waals surface area contributed by atoms with Crippen molar-refractivity contribution in [1.82, 2.24) is 9.55 Å². The standard InChI is InChI=1S/C15H18N4O2/c1-9-4-10(2)6-12(5-9)18-15-17-11(3)7-14(21)19(15)8-13(16)20/h4-7H,8H2,1-3H3,(H2,16,20)(H,17,18). The average molecular weight is 286 g/mol. The van der Waals surface area contributed by atoms with E-state index in [0.29, 0.717) is 11.6 Å². The molecule has 21 heavy (non-hydrogen) atoms. The van der Waals surface area contributed by atoms with E-state index in [-0.39, 0.29) is 12.1 Å². The summed E-state index contributed by atoms with van der Waals surface area (Å²) in [6.45, 7) is 5.48. The molecule has 0 radical (unpaired) electrons. The fourth-order valence-corrected chi connectivity index (χ4v) is 2.20. The zero-order chi connectivity index (χ0) is 15.6. The van der Waals surface area contributed by atoms with Gasteiger partial charge in [-0.05, 0) is 44.0 Å². The summed E-state index contributed by atoms with van der Waals surface area (Å²) >= 11 is 0. The first kappa shape index (κ1) is 14.8. The molecule has 1 heterocycles. The smallest absolute Gasteiger partial charge is 0.255 e. The molecule has 3 N–H and O–H groups in total. The number of carbonyl (C=O) groups is 1. The Kier molecular flexibility index (Phi) is 4.07. The summed E-state index contributed by atoms with van der Waals surface area (Å²) in [7, 11) is 0. The summed E-state index contributed by atoms with van der Waals surface area (Å²) in [6.07, 6.45) is 0. The van der Waals surface area contributed by atoms with E-state index >= 15 is 0 Å². The summed E-state index contributed by atoms with van der Waals surface area (Å²) in [6, 6.07) is 7.30. The lowest BCUT2D eigenvalue weighted by Crippen LogP contribution is -2.30. The number of aromatic nitrogens is 2. The second-order valence-corrected chi connectivity index (χ2v) is 5.11. The van der Waals surface area contributed by atoms with Crippen LogP contribution in [0.1, 0.15) is 16.8 Å². The SMILES string of the molecule is Cc1cc(C)cc(Nc2nc(C)cc(=O)n2CC(N)=O)c1. The molecule has 0 spiro atoms. The van der Waals surface area contributed by atoms with Crippen LogP contribution >= 0.6 is 0 Å². The van der Waals surface area contributed by atoms with Crippen LogP contribution in [-0.4, -0.2) is 15.5 Å². The van der Waals surface area contributed by atoms with Gasteiger partial charge in [0.1, 0.15) is 6.54 Å². The third kappa shape index (κ3) is 3.68. The van der Waals surface area contributed by atoms with E-state index in [9.17, 15) is 9.59 Å². The van der Waals surface area contributed by atoms with Gasteiger partial charge in [-0.3, -0.25) is 14.2 Å². The minimum atomic E-state index is -0.591. The summed E-state index contributed by atoms with van der Waals surface area (Å²) in [5.74, 6) is -0.282. The van der Waals surface area contributed by atoms with Gasteiger partial charge in [-0.1, -0.05) is 6.07 Å².